The highest BCUT2D eigenvalue weighted by molar-refractivity contribution is 5.98. The molecule has 27 heavy (non-hydrogen) atoms. The smallest absolute Gasteiger partial charge is 0.270 e. The third-order valence-electron chi connectivity index (χ3n) is 4.58. The van der Waals surface area contributed by atoms with Gasteiger partial charge in [0.05, 0.1) is 33.2 Å². The third-order valence-corrected chi connectivity index (χ3v) is 4.58. The van der Waals surface area contributed by atoms with E-state index in [1.54, 1.807) is 12.0 Å². The molecule has 1 atom stereocenters. The number of aromatic amines is 1. The van der Waals surface area contributed by atoms with Crippen LogP contribution in [0.3, 0.4) is 0 Å². The molecular formula is C19H20N4O4. The maximum Gasteiger partial charge on any atom is 0.270 e. The van der Waals surface area contributed by atoms with Crippen LogP contribution in [0.5, 0.6) is 17.5 Å². The Morgan fingerprint density at radius 1 is 1.19 bits per heavy atom. The molecule has 0 spiro atoms. The van der Waals surface area contributed by atoms with Crippen LogP contribution >= 0.6 is 0 Å². The first-order valence-corrected chi connectivity index (χ1v) is 8.65. The van der Waals surface area contributed by atoms with Crippen molar-refractivity contribution < 1.29 is 19.0 Å². The zero-order chi connectivity index (χ0) is 18.8. The van der Waals surface area contributed by atoms with E-state index in [0.717, 1.165) is 23.1 Å². The predicted molar refractivity (Wildman–Crippen MR) is 98.4 cm³/mol. The second kappa shape index (κ2) is 7.14. The van der Waals surface area contributed by atoms with E-state index in [1.165, 1.54) is 19.5 Å². The van der Waals surface area contributed by atoms with Crippen molar-refractivity contribution >= 4 is 16.8 Å². The maximum atomic E-state index is 12.8. The number of hydrogen-bond donors (Lipinski definition) is 1. The molecule has 1 aliphatic rings. The number of carbonyl (C=O) groups is 1. The largest absolute Gasteiger partial charge is 0.497 e. The molecule has 0 saturated carbocycles. The Bertz CT molecular complexity index is 971. The van der Waals surface area contributed by atoms with E-state index in [0.29, 0.717) is 30.5 Å². The van der Waals surface area contributed by atoms with Gasteiger partial charge in [-0.05, 0) is 18.2 Å². The van der Waals surface area contributed by atoms with Crippen molar-refractivity contribution in [3.8, 4) is 17.5 Å². The van der Waals surface area contributed by atoms with Crippen molar-refractivity contribution in [1.82, 2.24) is 19.9 Å². The summed E-state index contributed by atoms with van der Waals surface area (Å²) < 4.78 is 16.1. The fourth-order valence-corrected chi connectivity index (χ4v) is 3.18. The van der Waals surface area contributed by atoms with Crippen molar-refractivity contribution in [1.29, 1.82) is 0 Å². The van der Waals surface area contributed by atoms with Crippen LogP contribution in [0.15, 0.2) is 36.7 Å². The summed E-state index contributed by atoms with van der Waals surface area (Å²) in [5, 5.41) is 0.970. The number of ether oxygens (including phenoxy) is 3. The van der Waals surface area contributed by atoms with Gasteiger partial charge in [0, 0.05) is 29.9 Å². The first-order chi connectivity index (χ1) is 13.2. The Hall–Kier alpha value is -3.29. The van der Waals surface area contributed by atoms with Crippen molar-refractivity contribution in [2.45, 2.75) is 12.5 Å². The van der Waals surface area contributed by atoms with Crippen LogP contribution in [-0.4, -0.2) is 59.2 Å². The van der Waals surface area contributed by atoms with Crippen molar-refractivity contribution in [3.63, 3.8) is 0 Å². The SMILES string of the molecule is COc1ccc2cc(C(=O)N3CC[C@@H](Oc4cncc(OC)n4)C3)[nH]c2c1. The second-order valence-electron chi connectivity index (χ2n) is 6.32. The Labute approximate surface area is 156 Å². The third kappa shape index (κ3) is 3.51. The summed E-state index contributed by atoms with van der Waals surface area (Å²) in [6.07, 6.45) is 3.67. The second-order valence-corrected chi connectivity index (χ2v) is 6.32. The summed E-state index contributed by atoms with van der Waals surface area (Å²) in [7, 11) is 3.15. The number of fused-ring (bicyclic) bond motifs is 1. The average molecular weight is 368 g/mol. The molecule has 4 rings (SSSR count). The molecule has 2 aromatic heterocycles. The molecule has 1 aliphatic heterocycles. The van der Waals surface area contributed by atoms with Crippen LogP contribution in [0, 0.1) is 0 Å². The lowest BCUT2D eigenvalue weighted by molar-refractivity contribution is 0.0766. The number of amides is 1. The van der Waals surface area contributed by atoms with Crippen LogP contribution < -0.4 is 14.2 Å². The van der Waals surface area contributed by atoms with E-state index < -0.39 is 0 Å². The maximum absolute atomic E-state index is 12.8. The molecule has 3 heterocycles. The van der Waals surface area contributed by atoms with Gasteiger partial charge in [-0.2, -0.15) is 4.98 Å². The Morgan fingerprint density at radius 3 is 2.85 bits per heavy atom. The molecule has 1 aromatic carbocycles. The molecule has 1 saturated heterocycles. The zero-order valence-corrected chi connectivity index (χ0v) is 15.1. The predicted octanol–water partition coefficient (Wildman–Crippen LogP) is 2.27. The van der Waals surface area contributed by atoms with E-state index >= 15 is 0 Å². The summed E-state index contributed by atoms with van der Waals surface area (Å²) in [5.74, 6) is 1.49. The lowest BCUT2D eigenvalue weighted by Gasteiger charge is -2.16. The van der Waals surface area contributed by atoms with Gasteiger partial charge in [-0.1, -0.05) is 0 Å². The number of nitrogens with zero attached hydrogens (tertiary/aromatic N) is 3. The molecule has 8 nitrogen and oxygen atoms in total. The number of likely N-dealkylation sites (tertiary alicyclic amines) is 1. The Morgan fingerprint density at radius 2 is 2.04 bits per heavy atom. The number of aromatic nitrogens is 3. The molecule has 1 fully saturated rings. The molecule has 1 amide bonds. The van der Waals surface area contributed by atoms with Crippen LogP contribution in [0.4, 0.5) is 0 Å². The van der Waals surface area contributed by atoms with Gasteiger partial charge in [-0.25, -0.2) is 0 Å². The standard InChI is InChI=1S/C19H20N4O4/c1-25-13-4-3-12-7-16(21-15(12)8-13)19(24)23-6-5-14(11-23)27-18-10-20-9-17(22-18)26-2/h3-4,7-10,14,21H,5-6,11H2,1-2H3/t14-/m1/s1. The molecular weight excluding hydrogens is 348 g/mol. The first-order valence-electron chi connectivity index (χ1n) is 8.65. The Kier molecular flexibility index (Phi) is 4.53. The number of methoxy groups -OCH3 is 2. The minimum Gasteiger partial charge on any atom is -0.497 e. The van der Waals surface area contributed by atoms with Gasteiger partial charge >= 0.3 is 0 Å². The van der Waals surface area contributed by atoms with E-state index in [9.17, 15) is 4.79 Å². The summed E-state index contributed by atoms with van der Waals surface area (Å²) >= 11 is 0. The molecule has 0 unspecified atom stereocenters. The van der Waals surface area contributed by atoms with Crippen LogP contribution in [-0.2, 0) is 0 Å². The number of H-pyrrole nitrogens is 1. The van der Waals surface area contributed by atoms with Gasteiger partial charge in [-0.3, -0.25) is 9.78 Å². The minimum atomic E-state index is -0.125. The normalized spacial score (nSPS) is 16.5. The topological polar surface area (TPSA) is 89.6 Å². The van der Waals surface area contributed by atoms with Gasteiger partial charge in [0.15, 0.2) is 0 Å². The van der Waals surface area contributed by atoms with Crippen molar-refractivity contribution in [2.75, 3.05) is 27.3 Å². The van der Waals surface area contributed by atoms with Gasteiger partial charge in [-0.15, -0.1) is 0 Å². The quantitative estimate of drug-likeness (QED) is 0.743. The molecule has 1 N–H and O–H groups in total. The van der Waals surface area contributed by atoms with Crippen molar-refractivity contribution in [2.24, 2.45) is 0 Å². The van der Waals surface area contributed by atoms with Gasteiger partial charge in [0.1, 0.15) is 17.5 Å². The highest BCUT2D eigenvalue weighted by Gasteiger charge is 2.29. The number of nitrogens with one attached hydrogen (secondary N) is 1. The molecule has 140 valence electrons. The number of rotatable bonds is 5. The highest BCUT2D eigenvalue weighted by Crippen LogP contribution is 2.24. The number of hydrogen-bond acceptors (Lipinski definition) is 6. The lowest BCUT2D eigenvalue weighted by Crippen LogP contribution is -2.31. The molecule has 0 radical (unpaired) electrons. The number of benzene rings is 1. The minimum absolute atomic E-state index is 0.0482. The molecule has 8 heteroatoms. The molecule has 0 bridgehead atoms. The first kappa shape index (κ1) is 17.1. The van der Waals surface area contributed by atoms with E-state index in [-0.39, 0.29) is 12.0 Å². The van der Waals surface area contributed by atoms with E-state index in [2.05, 4.69) is 15.0 Å². The van der Waals surface area contributed by atoms with Crippen LogP contribution in [0.25, 0.3) is 10.9 Å². The fraction of sp³-hybridized carbons (Fsp3) is 0.316. The summed E-state index contributed by atoms with van der Waals surface area (Å²) in [4.78, 5) is 26.0. The highest BCUT2D eigenvalue weighted by atomic mass is 16.5. The van der Waals surface area contributed by atoms with E-state index in [4.69, 9.17) is 14.2 Å². The van der Waals surface area contributed by atoms with E-state index in [1.807, 2.05) is 24.3 Å². The van der Waals surface area contributed by atoms with Crippen molar-refractivity contribution in [3.05, 3.63) is 42.4 Å². The van der Waals surface area contributed by atoms with Gasteiger partial charge < -0.3 is 24.1 Å². The number of carbonyl (C=O) groups excluding carboxylic acids is 1. The Balaban J connectivity index is 1.44. The zero-order valence-electron chi connectivity index (χ0n) is 15.1. The van der Waals surface area contributed by atoms with Gasteiger partial charge in [0.2, 0.25) is 11.8 Å². The summed E-state index contributed by atoms with van der Waals surface area (Å²) in [6.45, 7) is 1.12. The average Bonchev–Trinajstić information content (AvgIpc) is 3.33. The monoisotopic (exact) mass is 368 g/mol. The van der Waals surface area contributed by atoms with Crippen LogP contribution in [0.1, 0.15) is 16.9 Å². The summed E-state index contributed by atoms with van der Waals surface area (Å²) in [6, 6.07) is 7.54. The molecule has 3 aromatic rings. The fourth-order valence-electron chi connectivity index (χ4n) is 3.18. The summed E-state index contributed by atoms with van der Waals surface area (Å²) in [5.41, 5.74) is 1.43. The van der Waals surface area contributed by atoms with Crippen LogP contribution in [0.2, 0.25) is 0 Å². The van der Waals surface area contributed by atoms with Gasteiger partial charge in [0.25, 0.3) is 5.91 Å². The lowest BCUT2D eigenvalue weighted by atomic mass is 10.2. The molecule has 0 aliphatic carbocycles.